The van der Waals surface area contributed by atoms with E-state index in [0.29, 0.717) is 5.92 Å². The summed E-state index contributed by atoms with van der Waals surface area (Å²) in [5, 5.41) is 0. The third-order valence-electron chi connectivity index (χ3n) is 4.67. The molecule has 1 aliphatic rings. The Morgan fingerprint density at radius 2 is 2.18 bits per heavy atom. The molecule has 1 aromatic carbocycles. The van der Waals surface area contributed by atoms with Crippen LogP contribution >= 0.6 is 0 Å². The van der Waals surface area contributed by atoms with E-state index in [4.69, 9.17) is 0 Å². The van der Waals surface area contributed by atoms with Crippen LogP contribution < -0.4 is 0 Å². The van der Waals surface area contributed by atoms with E-state index in [1.807, 2.05) is 31.6 Å². The number of likely N-dealkylation sites (tertiary alicyclic amines) is 1. The van der Waals surface area contributed by atoms with Gasteiger partial charge in [0.1, 0.15) is 11.6 Å². The second-order valence-electron chi connectivity index (χ2n) is 6.33. The number of halogens is 1. The number of imidazole rings is 1. The van der Waals surface area contributed by atoms with Gasteiger partial charge in [-0.25, -0.2) is 9.37 Å². The zero-order chi connectivity index (χ0) is 15.4. The van der Waals surface area contributed by atoms with Gasteiger partial charge in [0.2, 0.25) is 0 Å². The molecule has 1 aliphatic heterocycles. The van der Waals surface area contributed by atoms with Crippen molar-refractivity contribution >= 4 is 0 Å². The summed E-state index contributed by atoms with van der Waals surface area (Å²) in [7, 11) is 2.04. The maximum atomic E-state index is 13.7. The second kappa shape index (κ2) is 7.05. The van der Waals surface area contributed by atoms with Gasteiger partial charge >= 0.3 is 0 Å². The molecule has 118 valence electrons. The van der Waals surface area contributed by atoms with E-state index in [2.05, 4.69) is 14.5 Å². The Labute approximate surface area is 131 Å². The van der Waals surface area contributed by atoms with E-state index in [1.54, 1.807) is 12.1 Å². The van der Waals surface area contributed by atoms with E-state index in [-0.39, 0.29) is 5.82 Å². The number of hydrogen-bond acceptors (Lipinski definition) is 2. The summed E-state index contributed by atoms with van der Waals surface area (Å²) >= 11 is 0. The molecule has 2 aromatic rings. The van der Waals surface area contributed by atoms with Crippen LogP contribution in [0.25, 0.3) is 0 Å². The molecule has 0 amide bonds. The van der Waals surface area contributed by atoms with Crippen LogP contribution in [0.2, 0.25) is 0 Å². The van der Waals surface area contributed by atoms with Gasteiger partial charge in [-0.15, -0.1) is 0 Å². The lowest BCUT2D eigenvalue weighted by atomic mass is 9.91. The predicted molar refractivity (Wildman–Crippen MR) is 85.9 cm³/mol. The highest BCUT2D eigenvalue weighted by atomic mass is 19.1. The third-order valence-corrected chi connectivity index (χ3v) is 4.67. The van der Waals surface area contributed by atoms with Crippen molar-refractivity contribution in [2.45, 2.75) is 32.2 Å². The van der Waals surface area contributed by atoms with E-state index < -0.39 is 0 Å². The summed E-state index contributed by atoms with van der Waals surface area (Å²) in [6, 6.07) is 7.15. The summed E-state index contributed by atoms with van der Waals surface area (Å²) in [5.41, 5.74) is 0.851. The van der Waals surface area contributed by atoms with E-state index in [1.165, 1.54) is 12.8 Å². The Morgan fingerprint density at radius 3 is 2.95 bits per heavy atom. The molecule has 0 bridgehead atoms. The van der Waals surface area contributed by atoms with Gasteiger partial charge in [-0.1, -0.05) is 18.2 Å². The van der Waals surface area contributed by atoms with Gasteiger partial charge in [-0.3, -0.25) is 4.90 Å². The maximum absolute atomic E-state index is 13.7. The molecule has 1 aromatic heterocycles. The molecule has 0 aliphatic carbocycles. The van der Waals surface area contributed by atoms with Crippen molar-refractivity contribution in [1.82, 2.24) is 14.5 Å². The van der Waals surface area contributed by atoms with Crippen LogP contribution in [0, 0.1) is 11.7 Å². The Kier molecular flexibility index (Phi) is 4.88. The maximum Gasteiger partial charge on any atom is 0.126 e. The van der Waals surface area contributed by atoms with Gasteiger partial charge in [0.25, 0.3) is 0 Å². The van der Waals surface area contributed by atoms with Gasteiger partial charge in [-0.05, 0) is 49.8 Å². The van der Waals surface area contributed by atoms with Crippen molar-refractivity contribution in [3.8, 4) is 0 Å². The fourth-order valence-corrected chi connectivity index (χ4v) is 3.34. The summed E-state index contributed by atoms with van der Waals surface area (Å²) < 4.78 is 15.8. The normalized spacial score (nSPS) is 19.5. The van der Waals surface area contributed by atoms with Crippen molar-refractivity contribution in [2.24, 2.45) is 13.0 Å². The van der Waals surface area contributed by atoms with Crippen LogP contribution in [0.3, 0.4) is 0 Å². The van der Waals surface area contributed by atoms with Crippen molar-refractivity contribution in [3.63, 3.8) is 0 Å². The monoisotopic (exact) mass is 301 g/mol. The first-order valence-corrected chi connectivity index (χ1v) is 8.14. The molecule has 1 atom stereocenters. The van der Waals surface area contributed by atoms with Crippen molar-refractivity contribution in [3.05, 3.63) is 53.9 Å². The molecule has 3 rings (SSSR count). The first-order chi connectivity index (χ1) is 10.7. The highest BCUT2D eigenvalue weighted by Gasteiger charge is 2.21. The molecule has 0 radical (unpaired) electrons. The van der Waals surface area contributed by atoms with Crippen molar-refractivity contribution in [2.75, 3.05) is 13.1 Å². The summed E-state index contributed by atoms with van der Waals surface area (Å²) in [5.74, 6) is 1.71. The fraction of sp³-hybridized carbons (Fsp3) is 0.500. The predicted octanol–water partition coefficient (Wildman–Crippen LogP) is 3.40. The Hall–Kier alpha value is -1.68. The van der Waals surface area contributed by atoms with Gasteiger partial charge in [0.15, 0.2) is 0 Å². The summed E-state index contributed by atoms with van der Waals surface area (Å²) in [4.78, 5) is 6.90. The number of benzene rings is 1. The molecule has 0 spiro atoms. The van der Waals surface area contributed by atoms with Crippen molar-refractivity contribution in [1.29, 1.82) is 0 Å². The van der Waals surface area contributed by atoms with Crippen LogP contribution in [-0.4, -0.2) is 27.5 Å². The molecule has 2 heterocycles. The number of rotatable bonds is 5. The standard InChI is InChI=1S/C18H24FN3/c1-21-12-10-20-18(21)14-22-11-4-5-15(13-22)8-9-16-6-2-3-7-17(16)19/h2-3,6-7,10,12,15H,4-5,8-9,11,13-14H2,1H3/t15-/m0/s1. The second-order valence-corrected chi connectivity index (χ2v) is 6.33. The fourth-order valence-electron chi connectivity index (χ4n) is 3.34. The summed E-state index contributed by atoms with van der Waals surface area (Å²) in [6.45, 7) is 3.16. The number of nitrogens with zero attached hydrogens (tertiary/aromatic N) is 3. The molecule has 4 heteroatoms. The lowest BCUT2D eigenvalue weighted by Crippen LogP contribution is -2.35. The third kappa shape index (κ3) is 3.74. The van der Waals surface area contributed by atoms with Gasteiger partial charge in [-0.2, -0.15) is 0 Å². The minimum Gasteiger partial charge on any atom is -0.337 e. The molecule has 3 nitrogen and oxygen atoms in total. The van der Waals surface area contributed by atoms with Gasteiger partial charge < -0.3 is 4.57 Å². The highest BCUT2D eigenvalue weighted by molar-refractivity contribution is 5.17. The van der Waals surface area contributed by atoms with Crippen LogP contribution in [0.5, 0.6) is 0 Å². The highest BCUT2D eigenvalue weighted by Crippen LogP contribution is 2.23. The molecule has 22 heavy (non-hydrogen) atoms. The molecule has 0 saturated carbocycles. The lowest BCUT2D eigenvalue weighted by molar-refractivity contribution is 0.157. The first-order valence-electron chi connectivity index (χ1n) is 8.14. The molecular formula is C18H24FN3. The SMILES string of the molecule is Cn1ccnc1CN1CCC[C@@H](CCc2ccccc2F)C1. The minimum absolute atomic E-state index is 0.0665. The Bertz CT molecular complexity index is 608. The number of hydrogen-bond donors (Lipinski definition) is 0. The number of piperidine rings is 1. The summed E-state index contributed by atoms with van der Waals surface area (Å²) in [6.07, 6.45) is 8.24. The first kappa shape index (κ1) is 15.2. The lowest BCUT2D eigenvalue weighted by Gasteiger charge is -2.32. The zero-order valence-corrected chi connectivity index (χ0v) is 13.2. The van der Waals surface area contributed by atoms with Crippen LogP contribution in [0.4, 0.5) is 4.39 Å². The molecule has 1 fully saturated rings. The molecule has 1 saturated heterocycles. The average molecular weight is 301 g/mol. The van der Waals surface area contributed by atoms with E-state index in [0.717, 1.165) is 43.9 Å². The minimum atomic E-state index is -0.0665. The van der Waals surface area contributed by atoms with Crippen LogP contribution in [-0.2, 0) is 20.0 Å². The number of aryl methyl sites for hydroxylation is 2. The Balaban J connectivity index is 1.52. The van der Waals surface area contributed by atoms with E-state index in [9.17, 15) is 4.39 Å². The van der Waals surface area contributed by atoms with Crippen LogP contribution in [0.1, 0.15) is 30.7 Å². The Morgan fingerprint density at radius 1 is 1.32 bits per heavy atom. The quantitative estimate of drug-likeness (QED) is 0.844. The largest absolute Gasteiger partial charge is 0.337 e. The average Bonchev–Trinajstić information content (AvgIpc) is 2.92. The molecular weight excluding hydrogens is 277 g/mol. The van der Waals surface area contributed by atoms with Crippen LogP contribution in [0.15, 0.2) is 36.7 Å². The zero-order valence-electron chi connectivity index (χ0n) is 13.2. The van der Waals surface area contributed by atoms with Gasteiger partial charge in [0.05, 0.1) is 6.54 Å². The van der Waals surface area contributed by atoms with E-state index >= 15 is 0 Å². The molecule has 0 N–H and O–H groups in total. The smallest absolute Gasteiger partial charge is 0.126 e. The molecule has 0 unspecified atom stereocenters. The van der Waals surface area contributed by atoms with Gasteiger partial charge in [0, 0.05) is 26.0 Å². The topological polar surface area (TPSA) is 21.1 Å². The van der Waals surface area contributed by atoms with Crippen molar-refractivity contribution < 1.29 is 4.39 Å². The number of aromatic nitrogens is 2.